The predicted octanol–water partition coefficient (Wildman–Crippen LogP) is 2.60. The number of nitrogens with zero attached hydrogens (tertiary/aromatic N) is 2. The van der Waals surface area contributed by atoms with Gasteiger partial charge in [-0.05, 0) is 24.3 Å². The Hall–Kier alpha value is -1.75. The fourth-order valence-corrected chi connectivity index (χ4v) is 6.79. The molecule has 2 saturated heterocycles. The molecule has 1 aromatic carbocycles. The standard InChI is InChI=1S/C15H15F3N2O4S2/c1-2-13(21)19-14-20(11-7-26(22,23)8-12(11)25-14)9-3-5-10(6-4-9)24-15(16,17)18/h3-6,11-12H,2,7-8H2,1H3/t11-,12-/m1/s1. The van der Waals surface area contributed by atoms with Gasteiger partial charge in [0.15, 0.2) is 15.0 Å². The van der Waals surface area contributed by atoms with Crippen LogP contribution in [0.2, 0.25) is 0 Å². The van der Waals surface area contributed by atoms with Gasteiger partial charge in [0.05, 0.1) is 17.5 Å². The lowest BCUT2D eigenvalue weighted by atomic mass is 10.2. The topological polar surface area (TPSA) is 76.0 Å². The van der Waals surface area contributed by atoms with Crippen LogP contribution in [-0.2, 0) is 14.6 Å². The predicted molar refractivity (Wildman–Crippen MR) is 92.2 cm³/mol. The van der Waals surface area contributed by atoms with Crippen molar-refractivity contribution in [2.75, 3.05) is 16.4 Å². The average Bonchev–Trinajstić information content (AvgIpc) is 2.97. The lowest BCUT2D eigenvalue weighted by molar-refractivity contribution is -0.274. The van der Waals surface area contributed by atoms with Crippen molar-refractivity contribution >= 4 is 38.4 Å². The van der Waals surface area contributed by atoms with Crippen molar-refractivity contribution < 1.29 is 31.1 Å². The van der Waals surface area contributed by atoms with Crippen LogP contribution in [-0.4, -0.2) is 48.7 Å². The zero-order valence-electron chi connectivity index (χ0n) is 13.6. The highest BCUT2D eigenvalue weighted by Gasteiger charge is 2.49. The number of alkyl halides is 3. The van der Waals surface area contributed by atoms with E-state index in [1.54, 1.807) is 11.8 Å². The molecule has 142 valence electrons. The highest BCUT2D eigenvalue weighted by atomic mass is 32.2. The van der Waals surface area contributed by atoms with Crippen LogP contribution in [0.4, 0.5) is 18.9 Å². The molecule has 0 saturated carbocycles. The zero-order chi connectivity index (χ0) is 19.1. The van der Waals surface area contributed by atoms with Crippen LogP contribution in [0.3, 0.4) is 0 Å². The van der Waals surface area contributed by atoms with E-state index in [4.69, 9.17) is 0 Å². The molecule has 0 aliphatic carbocycles. The highest BCUT2D eigenvalue weighted by Crippen LogP contribution is 2.41. The smallest absolute Gasteiger partial charge is 0.406 e. The van der Waals surface area contributed by atoms with E-state index < -0.39 is 22.2 Å². The van der Waals surface area contributed by atoms with Crippen LogP contribution in [0.1, 0.15) is 13.3 Å². The van der Waals surface area contributed by atoms with Gasteiger partial charge in [0.2, 0.25) is 5.91 Å². The Morgan fingerprint density at radius 3 is 2.54 bits per heavy atom. The largest absolute Gasteiger partial charge is 0.573 e. The molecule has 2 atom stereocenters. The summed E-state index contributed by atoms with van der Waals surface area (Å²) in [5.74, 6) is -0.845. The van der Waals surface area contributed by atoms with E-state index in [1.807, 2.05) is 0 Å². The summed E-state index contributed by atoms with van der Waals surface area (Å²) in [4.78, 5) is 17.4. The van der Waals surface area contributed by atoms with Crippen LogP contribution < -0.4 is 9.64 Å². The number of halogens is 3. The first kappa shape index (κ1) is 19.0. The number of carbonyl (C=O) groups is 1. The molecule has 0 radical (unpaired) electrons. The van der Waals surface area contributed by atoms with E-state index in [-0.39, 0.29) is 34.8 Å². The van der Waals surface area contributed by atoms with Crippen molar-refractivity contribution in [1.82, 2.24) is 0 Å². The number of sulfone groups is 1. The summed E-state index contributed by atoms with van der Waals surface area (Å²) in [6.45, 7) is 1.66. The van der Waals surface area contributed by atoms with Crippen molar-refractivity contribution in [2.24, 2.45) is 4.99 Å². The Kier molecular flexibility index (Phi) is 4.95. The number of hydrogen-bond donors (Lipinski definition) is 0. The highest BCUT2D eigenvalue weighted by molar-refractivity contribution is 8.16. The molecule has 0 spiro atoms. The Morgan fingerprint density at radius 1 is 1.31 bits per heavy atom. The number of carbonyl (C=O) groups excluding carboxylic acids is 1. The van der Waals surface area contributed by atoms with Crippen molar-refractivity contribution in [3.8, 4) is 5.75 Å². The minimum Gasteiger partial charge on any atom is -0.406 e. The molecule has 2 heterocycles. The number of thioether (sulfide) groups is 1. The molecule has 1 aromatic rings. The Bertz CT molecular complexity index is 837. The molecule has 11 heteroatoms. The summed E-state index contributed by atoms with van der Waals surface area (Å²) in [6.07, 6.45) is -4.60. The maximum Gasteiger partial charge on any atom is 0.573 e. The SMILES string of the molecule is CCC(=O)N=C1S[C@@H]2CS(=O)(=O)C[C@H]2N1c1ccc(OC(F)(F)F)cc1. The van der Waals surface area contributed by atoms with E-state index in [0.717, 1.165) is 12.1 Å². The third-order valence-electron chi connectivity index (χ3n) is 3.94. The van der Waals surface area contributed by atoms with Crippen LogP contribution in [0.15, 0.2) is 29.3 Å². The van der Waals surface area contributed by atoms with Gasteiger partial charge in [0.25, 0.3) is 0 Å². The Balaban J connectivity index is 1.92. The Labute approximate surface area is 152 Å². The minimum atomic E-state index is -4.80. The molecule has 2 fully saturated rings. The molecule has 0 unspecified atom stereocenters. The molecule has 3 rings (SSSR count). The van der Waals surface area contributed by atoms with E-state index in [0.29, 0.717) is 10.9 Å². The van der Waals surface area contributed by atoms with E-state index >= 15 is 0 Å². The molecule has 2 aliphatic rings. The number of amidine groups is 1. The third kappa shape index (κ3) is 4.14. The Morgan fingerprint density at radius 2 is 1.96 bits per heavy atom. The van der Waals surface area contributed by atoms with Gasteiger partial charge in [-0.1, -0.05) is 18.7 Å². The monoisotopic (exact) mass is 408 g/mol. The van der Waals surface area contributed by atoms with Crippen molar-refractivity contribution in [3.63, 3.8) is 0 Å². The van der Waals surface area contributed by atoms with E-state index in [9.17, 15) is 26.4 Å². The van der Waals surface area contributed by atoms with Gasteiger partial charge >= 0.3 is 6.36 Å². The second-order valence-corrected chi connectivity index (χ2v) is 9.21. The maximum atomic E-state index is 12.3. The fraction of sp³-hybridized carbons (Fsp3) is 0.467. The number of benzene rings is 1. The average molecular weight is 408 g/mol. The summed E-state index contributed by atoms with van der Waals surface area (Å²) in [7, 11) is -3.21. The van der Waals surface area contributed by atoms with Gasteiger partial charge in [0, 0.05) is 17.4 Å². The van der Waals surface area contributed by atoms with Gasteiger partial charge in [-0.15, -0.1) is 13.2 Å². The van der Waals surface area contributed by atoms with E-state index in [1.165, 1.54) is 23.9 Å². The van der Waals surface area contributed by atoms with Gasteiger partial charge in [-0.2, -0.15) is 4.99 Å². The van der Waals surface area contributed by atoms with Crippen molar-refractivity contribution in [3.05, 3.63) is 24.3 Å². The third-order valence-corrected chi connectivity index (χ3v) is 7.15. The van der Waals surface area contributed by atoms with Gasteiger partial charge < -0.3 is 9.64 Å². The van der Waals surface area contributed by atoms with Gasteiger partial charge in [-0.25, -0.2) is 8.42 Å². The molecular weight excluding hydrogens is 393 g/mol. The molecule has 0 aromatic heterocycles. The molecule has 1 amide bonds. The summed E-state index contributed by atoms with van der Waals surface area (Å²) < 4.78 is 64.6. The number of anilines is 1. The first-order chi connectivity index (χ1) is 12.1. The number of hydrogen-bond acceptors (Lipinski definition) is 5. The normalized spacial score (nSPS) is 26.2. The number of ether oxygens (including phenoxy) is 1. The molecular formula is C15H15F3N2O4S2. The van der Waals surface area contributed by atoms with Crippen LogP contribution in [0, 0.1) is 0 Å². The summed E-state index contributed by atoms with van der Waals surface area (Å²) in [6, 6.07) is 4.65. The number of fused-ring (bicyclic) bond motifs is 1. The fourth-order valence-electron chi connectivity index (χ4n) is 2.86. The summed E-state index contributed by atoms with van der Waals surface area (Å²) in [5.41, 5.74) is 0.458. The first-order valence-electron chi connectivity index (χ1n) is 7.71. The maximum absolute atomic E-state index is 12.3. The van der Waals surface area contributed by atoms with Crippen LogP contribution in [0.5, 0.6) is 5.75 Å². The van der Waals surface area contributed by atoms with E-state index in [2.05, 4.69) is 9.73 Å². The quantitative estimate of drug-likeness (QED) is 0.765. The second-order valence-electron chi connectivity index (χ2n) is 5.85. The lowest BCUT2D eigenvalue weighted by Crippen LogP contribution is -2.37. The van der Waals surface area contributed by atoms with Crippen molar-refractivity contribution in [2.45, 2.75) is 31.0 Å². The minimum absolute atomic E-state index is 0.0204. The molecule has 0 bridgehead atoms. The second kappa shape index (κ2) is 6.76. The first-order valence-corrected chi connectivity index (χ1v) is 10.4. The van der Waals surface area contributed by atoms with Crippen molar-refractivity contribution in [1.29, 1.82) is 0 Å². The summed E-state index contributed by atoms with van der Waals surface area (Å²) >= 11 is 1.21. The van der Waals surface area contributed by atoms with Gasteiger partial charge in [0.1, 0.15) is 5.75 Å². The number of amides is 1. The van der Waals surface area contributed by atoms with Gasteiger partial charge in [-0.3, -0.25) is 4.79 Å². The number of aliphatic imine (C=N–C) groups is 1. The molecule has 0 N–H and O–H groups in total. The molecule has 26 heavy (non-hydrogen) atoms. The molecule has 2 aliphatic heterocycles. The summed E-state index contributed by atoms with van der Waals surface area (Å²) in [5, 5.41) is 0.0979. The van der Waals surface area contributed by atoms with Crippen LogP contribution >= 0.6 is 11.8 Å². The van der Waals surface area contributed by atoms with Crippen LogP contribution in [0.25, 0.3) is 0 Å². The zero-order valence-corrected chi connectivity index (χ0v) is 15.2. The lowest BCUT2D eigenvalue weighted by Gasteiger charge is -2.24. The number of rotatable bonds is 3. The molecule has 6 nitrogen and oxygen atoms in total.